The zero-order chi connectivity index (χ0) is 16.4. The highest BCUT2D eigenvalue weighted by Gasteiger charge is 2.23. The summed E-state index contributed by atoms with van der Waals surface area (Å²) in [5, 5.41) is 3.15. The Kier molecular flexibility index (Phi) is 4.52. The lowest BCUT2D eigenvalue weighted by Gasteiger charge is -2.13. The van der Waals surface area contributed by atoms with Gasteiger partial charge in [-0.1, -0.05) is 23.7 Å². The maximum Gasteiger partial charge on any atom is 0.261 e. The van der Waals surface area contributed by atoms with Crippen molar-refractivity contribution >= 4 is 45.0 Å². The highest BCUT2D eigenvalue weighted by atomic mass is 35.5. The molecule has 1 atom stereocenters. The number of thioether (sulfide) groups is 1. The molecule has 1 saturated heterocycles. The summed E-state index contributed by atoms with van der Waals surface area (Å²) in [6.45, 7) is 0. The number of carbonyl (C=O) groups excluding carboxylic acids is 1. The van der Waals surface area contributed by atoms with Gasteiger partial charge in [0.2, 0.25) is 5.91 Å². The molecular formula is C15H13ClN2O3S2. The van der Waals surface area contributed by atoms with Gasteiger partial charge in [-0.15, -0.1) is 11.8 Å². The molecule has 1 fully saturated rings. The Balaban J connectivity index is 1.82. The SMILES string of the molecule is O=C1CSC(c2cccc(NS(=O)(=O)c3ccc(Cl)cc3)c2)N1. The largest absolute Gasteiger partial charge is 0.339 e. The van der Waals surface area contributed by atoms with Crippen molar-refractivity contribution in [2.75, 3.05) is 10.5 Å². The molecule has 0 saturated carbocycles. The third-order valence-electron chi connectivity index (χ3n) is 3.24. The summed E-state index contributed by atoms with van der Waals surface area (Å²) in [7, 11) is -3.68. The van der Waals surface area contributed by atoms with E-state index in [1.165, 1.54) is 36.0 Å². The van der Waals surface area contributed by atoms with E-state index in [2.05, 4.69) is 10.0 Å². The second-order valence-electron chi connectivity index (χ2n) is 4.94. The third-order valence-corrected chi connectivity index (χ3v) is 6.04. The van der Waals surface area contributed by atoms with Gasteiger partial charge in [-0.2, -0.15) is 0 Å². The Morgan fingerprint density at radius 3 is 2.57 bits per heavy atom. The highest BCUT2D eigenvalue weighted by Crippen LogP contribution is 2.32. The number of benzene rings is 2. The number of rotatable bonds is 4. The summed E-state index contributed by atoms with van der Waals surface area (Å²) in [6, 6.07) is 12.9. The van der Waals surface area contributed by atoms with Crippen molar-refractivity contribution in [1.29, 1.82) is 0 Å². The molecular weight excluding hydrogens is 356 g/mol. The Bertz CT molecular complexity index is 838. The van der Waals surface area contributed by atoms with Gasteiger partial charge in [0.15, 0.2) is 0 Å². The Morgan fingerprint density at radius 2 is 1.91 bits per heavy atom. The van der Waals surface area contributed by atoms with Crippen molar-refractivity contribution in [3.05, 3.63) is 59.1 Å². The fourth-order valence-electron chi connectivity index (χ4n) is 2.16. The molecule has 0 spiro atoms. The monoisotopic (exact) mass is 368 g/mol. The summed E-state index contributed by atoms with van der Waals surface area (Å²) >= 11 is 7.25. The topological polar surface area (TPSA) is 75.3 Å². The van der Waals surface area contributed by atoms with Crippen LogP contribution in [0.2, 0.25) is 5.02 Å². The Labute approximate surface area is 143 Å². The van der Waals surface area contributed by atoms with Gasteiger partial charge in [-0.25, -0.2) is 8.42 Å². The van der Waals surface area contributed by atoms with Gasteiger partial charge in [-0.3, -0.25) is 9.52 Å². The predicted molar refractivity (Wildman–Crippen MR) is 92.0 cm³/mol. The highest BCUT2D eigenvalue weighted by molar-refractivity contribution is 8.00. The fourth-order valence-corrected chi connectivity index (χ4v) is 4.29. The van der Waals surface area contributed by atoms with E-state index in [1.54, 1.807) is 18.2 Å². The first-order valence-electron chi connectivity index (χ1n) is 6.73. The molecule has 3 rings (SSSR count). The van der Waals surface area contributed by atoms with Crippen LogP contribution in [0.4, 0.5) is 5.69 Å². The van der Waals surface area contributed by atoms with E-state index in [9.17, 15) is 13.2 Å². The molecule has 5 nitrogen and oxygen atoms in total. The summed E-state index contributed by atoms with van der Waals surface area (Å²) in [5.74, 6) is 0.387. The van der Waals surface area contributed by atoms with Gasteiger partial charge in [0.05, 0.1) is 10.6 Å². The molecule has 8 heteroatoms. The minimum atomic E-state index is -3.68. The number of halogens is 1. The summed E-state index contributed by atoms with van der Waals surface area (Å²) in [6.07, 6.45) is 0. The van der Waals surface area contributed by atoms with Crippen molar-refractivity contribution in [3.63, 3.8) is 0 Å². The zero-order valence-electron chi connectivity index (χ0n) is 11.8. The minimum absolute atomic E-state index is 0.0212. The number of sulfonamides is 1. The van der Waals surface area contributed by atoms with Crippen molar-refractivity contribution in [2.45, 2.75) is 10.3 Å². The van der Waals surface area contributed by atoms with Crippen molar-refractivity contribution in [3.8, 4) is 0 Å². The lowest BCUT2D eigenvalue weighted by Crippen LogP contribution is -2.19. The van der Waals surface area contributed by atoms with E-state index in [4.69, 9.17) is 11.6 Å². The predicted octanol–water partition coefficient (Wildman–Crippen LogP) is 3.00. The molecule has 1 aliphatic rings. The van der Waals surface area contributed by atoms with Crippen LogP contribution in [0, 0.1) is 0 Å². The normalized spacial score (nSPS) is 17.8. The number of anilines is 1. The van der Waals surface area contributed by atoms with Crippen LogP contribution in [0.3, 0.4) is 0 Å². The molecule has 1 aliphatic heterocycles. The van der Waals surface area contributed by atoms with Crippen LogP contribution in [-0.4, -0.2) is 20.1 Å². The molecule has 23 heavy (non-hydrogen) atoms. The number of hydrogen-bond donors (Lipinski definition) is 2. The van der Waals surface area contributed by atoms with Gasteiger partial charge in [0.25, 0.3) is 10.0 Å². The lowest BCUT2D eigenvalue weighted by molar-refractivity contribution is -0.118. The number of nitrogens with one attached hydrogen (secondary N) is 2. The van der Waals surface area contributed by atoms with E-state index >= 15 is 0 Å². The first-order valence-corrected chi connectivity index (χ1v) is 9.64. The zero-order valence-corrected chi connectivity index (χ0v) is 14.2. The molecule has 2 aromatic carbocycles. The van der Waals surface area contributed by atoms with Crippen LogP contribution < -0.4 is 10.0 Å². The molecule has 0 radical (unpaired) electrons. The molecule has 1 unspecified atom stereocenters. The Morgan fingerprint density at radius 1 is 1.17 bits per heavy atom. The molecule has 0 aromatic heterocycles. The molecule has 0 bridgehead atoms. The maximum atomic E-state index is 12.4. The first-order chi connectivity index (χ1) is 10.9. The second kappa shape index (κ2) is 6.43. The van der Waals surface area contributed by atoms with Gasteiger partial charge in [-0.05, 0) is 42.0 Å². The number of carbonyl (C=O) groups is 1. The molecule has 1 amide bonds. The lowest BCUT2D eigenvalue weighted by atomic mass is 10.2. The van der Waals surface area contributed by atoms with Gasteiger partial charge in [0.1, 0.15) is 5.37 Å². The molecule has 120 valence electrons. The average molecular weight is 369 g/mol. The van der Waals surface area contributed by atoms with Crippen LogP contribution in [0.1, 0.15) is 10.9 Å². The molecule has 0 aliphatic carbocycles. The number of hydrogen-bond acceptors (Lipinski definition) is 4. The van der Waals surface area contributed by atoms with E-state index < -0.39 is 10.0 Å². The minimum Gasteiger partial charge on any atom is -0.339 e. The first kappa shape index (κ1) is 16.2. The van der Waals surface area contributed by atoms with Crippen molar-refractivity contribution < 1.29 is 13.2 Å². The van der Waals surface area contributed by atoms with Crippen LogP contribution in [0.25, 0.3) is 0 Å². The van der Waals surface area contributed by atoms with E-state index in [0.29, 0.717) is 16.5 Å². The van der Waals surface area contributed by atoms with Crippen molar-refractivity contribution in [2.24, 2.45) is 0 Å². The van der Waals surface area contributed by atoms with Gasteiger partial charge >= 0.3 is 0 Å². The molecule has 1 heterocycles. The summed E-state index contributed by atoms with van der Waals surface area (Å²) in [5.41, 5.74) is 1.29. The summed E-state index contributed by atoms with van der Waals surface area (Å²) in [4.78, 5) is 11.4. The maximum absolute atomic E-state index is 12.4. The van der Waals surface area contributed by atoms with Crippen LogP contribution in [0.15, 0.2) is 53.4 Å². The summed E-state index contributed by atoms with van der Waals surface area (Å²) < 4.78 is 27.3. The van der Waals surface area contributed by atoms with Gasteiger partial charge < -0.3 is 5.32 Å². The third kappa shape index (κ3) is 3.80. The number of amides is 1. The van der Waals surface area contributed by atoms with E-state index in [-0.39, 0.29) is 16.2 Å². The Hall–Kier alpha value is -1.70. The average Bonchev–Trinajstić information content (AvgIpc) is 2.94. The smallest absolute Gasteiger partial charge is 0.261 e. The van der Waals surface area contributed by atoms with Gasteiger partial charge in [0, 0.05) is 10.7 Å². The van der Waals surface area contributed by atoms with E-state index in [0.717, 1.165) is 5.56 Å². The van der Waals surface area contributed by atoms with E-state index in [1.807, 2.05) is 6.07 Å². The van der Waals surface area contributed by atoms with Crippen LogP contribution >= 0.6 is 23.4 Å². The van der Waals surface area contributed by atoms with Crippen LogP contribution in [-0.2, 0) is 14.8 Å². The second-order valence-corrected chi connectivity index (χ2v) is 8.16. The van der Waals surface area contributed by atoms with Crippen molar-refractivity contribution in [1.82, 2.24) is 5.32 Å². The standard InChI is InChI=1S/C15H13ClN2O3S2/c16-11-4-6-13(7-5-11)23(20,21)18-12-3-1-2-10(8-12)15-17-14(19)9-22-15/h1-8,15,18H,9H2,(H,17,19). The fraction of sp³-hybridized carbons (Fsp3) is 0.133. The quantitative estimate of drug-likeness (QED) is 0.869. The molecule has 2 N–H and O–H groups in total. The van der Waals surface area contributed by atoms with Crippen LogP contribution in [0.5, 0.6) is 0 Å². The molecule has 2 aromatic rings.